The van der Waals surface area contributed by atoms with Gasteiger partial charge < -0.3 is 19.7 Å². The van der Waals surface area contributed by atoms with Gasteiger partial charge in [0.05, 0.1) is 19.3 Å². The Kier molecular flexibility index (Phi) is 6.63. The smallest absolute Gasteiger partial charge is 0.410 e. The fraction of sp³-hybridized carbons (Fsp3) is 0.381. The Balaban J connectivity index is 1.42. The number of benzene rings is 2. The normalized spacial score (nSPS) is 17.1. The average Bonchev–Trinajstić information content (AvgIpc) is 2.69. The molecular weight excluding hydrogens is 328 g/mol. The van der Waals surface area contributed by atoms with Crippen LogP contribution in [0, 0.1) is 6.92 Å². The summed E-state index contributed by atoms with van der Waals surface area (Å²) in [6, 6.07) is 18.0. The second kappa shape index (κ2) is 9.36. The predicted molar refractivity (Wildman–Crippen MR) is 101 cm³/mol. The fourth-order valence-corrected chi connectivity index (χ4v) is 3.00. The van der Waals surface area contributed by atoms with Gasteiger partial charge in [0, 0.05) is 19.6 Å². The van der Waals surface area contributed by atoms with Gasteiger partial charge in [-0.3, -0.25) is 0 Å². The Bertz CT molecular complexity index is 705. The van der Waals surface area contributed by atoms with Crippen molar-refractivity contribution in [1.29, 1.82) is 0 Å². The molecule has 1 amide bonds. The molecule has 1 fully saturated rings. The highest BCUT2D eigenvalue weighted by atomic mass is 16.6. The minimum absolute atomic E-state index is 0.0166. The van der Waals surface area contributed by atoms with Crippen LogP contribution in [-0.2, 0) is 22.6 Å². The van der Waals surface area contributed by atoms with Crippen LogP contribution in [0.25, 0.3) is 0 Å². The summed E-state index contributed by atoms with van der Waals surface area (Å²) in [5, 5.41) is 3.43. The van der Waals surface area contributed by atoms with E-state index in [0.717, 1.165) is 12.1 Å². The quantitative estimate of drug-likeness (QED) is 0.866. The molecule has 26 heavy (non-hydrogen) atoms. The number of amides is 1. The molecule has 2 aromatic rings. The third-order valence-corrected chi connectivity index (χ3v) is 4.55. The van der Waals surface area contributed by atoms with E-state index in [1.54, 1.807) is 4.90 Å². The first kappa shape index (κ1) is 18.4. The number of ether oxygens (including phenoxy) is 2. The van der Waals surface area contributed by atoms with Crippen LogP contribution in [0.1, 0.15) is 16.7 Å². The molecule has 0 bridgehead atoms. The van der Waals surface area contributed by atoms with Gasteiger partial charge in [-0.05, 0) is 23.6 Å². The molecule has 5 nitrogen and oxygen atoms in total. The van der Waals surface area contributed by atoms with E-state index in [2.05, 4.69) is 24.4 Å². The maximum atomic E-state index is 12.3. The zero-order valence-electron chi connectivity index (χ0n) is 15.2. The van der Waals surface area contributed by atoms with Gasteiger partial charge in [0.15, 0.2) is 0 Å². The molecule has 0 radical (unpaired) electrons. The SMILES string of the molecule is Cc1ccccc1CNCC1CN(C(=O)OCc2ccccc2)CCO1. The lowest BCUT2D eigenvalue weighted by molar-refractivity contribution is -0.0271. The van der Waals surface area contributed by atoms with E-state index in [9.17, 15) is 4.79 Å². The molecule has 2 aromatic carbocycles. The van der Waals surface area contributed by atoms with Crippen LogP contribution in [0.15, 0.2) is 54.6 Å². The van der Waals surface area contributed by atoms with Crippen molar-refractivity contribution in [2.45, 2.75) is 26.2 Å². The van der Waals surface area contributed by atoms with Gasteiger partial charge in [-0.1, -0.05) is 54.6 Å². The average molecular weight is 354 g/mol. The Morgan fingerprint density at radius 1 is 1.19 bits per heavy atom. The molecule has 1 atom stereocenters. The van der Waals surface area contributed by atoms with Crippen LogP contribution in [0.4, 0.5) is 4.79 Å². The lowest BCUT2D eigenvalue weighted by atomic mass is 10.1. The molecule has 1 saturated heterocycles. The lowest BCUT2D eigenvalue weighted by Gasteiger charge is -2.32. The number of morpholine rings is 1. The van der Waals surface area contributed by atoms with Crippen LogP contribution >= 0.6 is 0 Å². The topological polar surface area (TPSA) is 50.8 Å². The van der Waals surface area contributed by atoms with Crippen LogP contribution in [0.5, 0.6) is 0 Å². The number of aryl methyl sites for hydroxylation is 1. The Morgan fingerprint density at radius 2 is 1.96 bits per heavy atom. The van der Waals surface area contributed by atoms with Crippen LogP contribution in [0.3, 0.4) is 0 Å². The van der Waals surface area contributed by atoms with Crippen molar-refractivity contribution in [3.05, 3.63) is 71.3 Å². The summed E-state index contributed by atoms with van der Waals surface area (Å²) >= 11 is 0. The highest BCUT2D eigenvalue weighted by molar-refractivity contribution is 5.67. The molecule has 1 aliphatic rings. The highest BCUT2D eigenvalue weighted by Crippen LogP contribution is 2.10. The Labute approximate surface area is 154 Å². The van der Waals surface area contributed by atoms with Crippen molar-refractivity contribution >= 4 is 6.09 Å². The highest BCUT2D eigenvalue weighted by Gasteiger charge is 2.25. The van der Waals surface area contributed by atoms with E-state index in [4.69, 9.17) is 9.47 Å². The van der Waals surface area contributed by atoms with Gasteiger partial charge in [-0.25, -0.2) is 4.79 Å². The third-order valence-electron chi connectivity index (χ3n) is 4.55. The summed E-state index contributed by atoms with van der Waals surface area (Å²) in [5.41, 5.74) is 3.55. The molecule has 3 rings (SSSR count). The van der Waals surface area contributed by atoms with E-state index >= 15 is 0 Å². The van der Waals surface area contributed by atoms with Crippen molar-refractivity contribution in [3.8, 4) is 0 Å². The van der Waals surface area contributed by atoms with Crippen LogP contribution in [0.2, 0.25) is 0 Å². The summed E-state index contributed by atoms with van der Waals surface area (Å²) in [7, 11) is 0. The molecule has 1 aliphatic heterocycles. The Morgan fingerprint density at radius 3 is 2.77 bits per heavy atom. The minimum atomic E-state index is -0.277. The van der Waals surface area contributed by atoms with E-state index < -0.39 is 0 Å². The van der Waals surface area contributed by atoms with Crippen LogP contribution in [-0.4, -0.2) is 43.3 Å². The zero-order valence-corrected chi connectivity index (χ0v) is 15.2. The number of carbonyl (C=O) groups excluding carboxylic acids is 1. The van der Waals surface area contributed by atoms with Gasteiger partial charge in [0.25, 0.3) is 0 Å². The fourth-order valence-electron chi connectivity index (χ4n) is 3.00. The summed E-state index contributed by atoms with van der Waals surface area (Å²) in [6.45, 7) is 5.57. The number of hydrogen-bond acceptors (Lipinski definition) is 4. The molecule has 138 valence electrons. The van der Waals surface area contributed by atoms with Crippen molar-refractivity contribution in [3.63, 3.8) is 0 Å². The second-order valence-electron chi connectivity index (χ2n) is 6.54. The standard InChI is InChI=1S/C21H26N2O3/c1-17-7-5-6-10-19(17)13-22-14-20-15-23(11-12-25-20)21(24)26-16-18-8-3-2-4-9-18/h2-10,20,22H,11-16H2,1H3. The lowest BCUT2D eigenvalue weighted by Crippen LogP contribution is -2.49. The summed E-state index contributed by atoms with van der Waals surface area (Å²) < 4.78 is 11.2. The van der Waals surface area contributed by atoms with Crippen molar-refractivity contribution < 1.29 is 14.3 Å². The number of rotatable bonds is 6. The summed E-state index contributed by atoms with van der Waals surface area (Å²) in [5.74, 6) is 0. The van der Waals surface area contributed by atoms with Crippen molar-refractivity contribution in [2.75, 3.05) is 26.2 Å². The number of carbonyl (C=O) groups is 1. The molecule has 0 aromatic heterocycles. The maximum absolute atomic E-state index is 12.3. The van der Waals surface area contributed by atoms with Crippen LogP contribution < -0.4 is 5.32 Å². The molecule has 1 unspecified atom stereocenters. The zero-order chi connectivity index (χ0) is 18.2. The van der Waals surface area contributed by atoms with Gasteiger partial charge in [0.2, 0.25) is 0 Å². The molecule has 5 heteroatoms. The van der Waals surface area contributed by atoms with Crippen molar-refractivity contribution in [2.24, 2.45) is 0 Å². The second-order valence-corrected chi connectivity index (χ2v) is 6.54. The predicted octanol–water partition coefficient (Wildman–Crippen LogP) is 3.12. The summed E-state index contributed by atoms with van der Waals surface area (Å²) in [4.78, 5) is 14.0. The van der Waals surface area contributed by atoms with Gasteiger partial charge in [-0.15, -0.1) is 0 Å². The van der Waals surface area contributed by atoms with Gasteiger partial charge >= 0.3 is 6.09 Å². The van der Waals surface area contributed by atoms with E-state index in [1.165, 1.54) is 11.1 Å². The molecule has 0 saturated carbocycles. The van der Waals surface area contributed by atoms with Gasteiger partial charge in [-0.2, -0.15) is 0 Å². The minimum Gasteiger partial charge on any atom is -0.445 e. The molecule has 1 N–H and O–H groups in total. The molecule has 0 aliphatic carbocycles. The maximum Gasteiger partial charge on any atom is 0.410 e. The van der Waals surface area contributed by atoms with Crippen molar-refractivity contribution in [1.82, 2.24) is 10.2 Å². The Hall–Kier alpha value is -2.37. The molecular formula is C21H26N2O3. The molecule has 1 heterocycles. The monoisotopic (exact) mass is 354 g/mol. The van der Waals surface area contributed by atoms with E-state index in [1.807, 2.05) is 42.5 Å². The molecule has 0 spiro atoms. The van der Waals surface area contributed by atoms with Gasteiger partial charge in [0.1, 0.15) is 6.61 Å². The number of hydrogen-bond donors (Lipinski definition) is 1. The summed E-state index contributed by atoms with van der Waals surface area (Å²) in [6.07, 6.45) is -0.293. The largest absolute Gasteiger partial charge is 0.445 e. The first-order valence-electron chi connectivity index (χ1n) is 9.05. The first-order chi connectivity index (χ1) is 12.7. The number of nitrogens with one attached hydrogen (secondary N) is 1. The van der Waals surface area contributed by atoms with E-state index in [0.29, 0.717) is 32.8 Å². The third kappa shape index (κ3) is 5.31. The first-order valence-corrected chi connectivity index (χ1v) is 9.05. The van der Waals surface area contributed by atoms with E-state index in [-0.39, 0.29) is 12.2 Å². The number of nitrogens with zero attached hydrogens (tertiary/aromatic N) is 1.